The molecule has 102 valence electrons. The van der Waals surface area contributed by atoms with Gasteiger partial charge in [0.1, 0.15) is 12.2 Å². The molecule has 0 aliphatic heterocycles. The number of aromatic nitrogens is 3. The summed E-state index contributed by atoms with van der Waals surface area (Å²) >= 11 is 6.31. The van der Waals surface area contributed by atoms with E-state index in [-0.39, 0.29) is 0 Å². The van der Waals surface area contributed by atoms with Crippen molar-refractivity contribution in [3.8, 4) is 0 Å². The third-order valence-corrected chi connectivity index (χ3v) is 3.56. The van der Waals surface area contributed by atoms with Crippen LogP contribution in [0.25, 0.3) is 0 Å². The van der Waals surface area contributed by atoms with E-state index in [2.05, 4.69) is 28.4 Å². The predicted molar refractivity (Wildman–Crippen MR) is 77.4 cm³/mol. The van der Waals surface area contributed by atoms with Gasteiger partial charge in [-0.1, -0.05) is 36.7 Å². The fraction of sp³-hybridized carbons (Fsp3) is 0.429. The highest BCUT2D eigenvalue weighted by Gasteiger charge is 2.17. The number of halogens is 1. The van der Waals surface area contributed by atoms with E-state index in [0.29, 0.717) is 5.92 Å². The first kappa shape index (κ1) is 14.0. The molecular formula is C14H19ClN4. The molecule has 0 spiro atoms. The zero-order valence-electron chi connectivity index (χ0n) is 11.3. The first-order valence-electron chi connectivity index (χ1n) is 6.50. The van der Waals surface area contributed by atoms with E-state index >= 15 is 0 Å². The van der Waals surface area contributed by atoms with Crippen molar-refractivity contribution in [2.75, 3.05) is 13.1 Å². The maximum atomic E-state index is 6.31. The maximum Gasteiger partial charge on any atom is 0.138 e. The van der Waals surface area contributed by atoms with Crippen molar-refractivity contribution in [3.63, 3.8) is 0 Å². The topological polar surface area (TPSA) is 42.7 Å². The van der Waals surface area contributed by atoms with E-state index in [1.54, 1.807) is 6.33 Å². The van der Waals surface area contributed by atoms with E-state index < -0.39 is 0 Å². The molecule has 1 heterocycles. The number of benzene rings is 1. The summed E-state index contributed by atoms with van der Waals surface area (Å²) in [7, 11) is 1.92. The molecule has 0 fully saturated rings. The fourth-order valence-corrected chi connectivity index (χ4v) is 2.43. The first-order valence-corrected chi connectivity index (χ1v) is 6.88. The van der Waals surface area contributed by atoms with Gasteiger partial charge < -0.3 is 5.32 Å². The highest BCUT2D eigenvalue weighted by Crippen LogP contribution is 2.26. The van der Waals surface area contributed by atoms with Crippen molar-refractivity contribution >= 4 is 11.6 Å². The second-order valence-corrected chi connectivity index (χ2v) is 4.94. The SMILES string of the molecule is CCNCC(Cc1ncnn1C)c1ccccc1Cl. The summed E-state index contributed by atoms with van der Waals surface area (Å²) in [6, 6.07) is 8.00. The molecule has 0 bridgehead atoms. The van der Waals surface area contributed by atoms with Crippen LogP contribution in [-0.4, -0.2) is 27.9 Å². The third kappa shape index (κ3) is 3.55. The van der Waals surface area contributed by atoms with Crippen LogP contribution >= 0.6 is 11.6 Å². The Balaban J connectivity index is 2.21. The normalized spacial score (nSPS) is 12.6. The molecule has 0 radical (unpaired) electrons. The number of nitrogens with zero attached hydrogens (tertiary/aromatic N) is 3. The molecule has 0 saturated carbocycles. The minimum absolute atomic E-state index is 0.302. The van der Waals surface area contributed by atoms with Gasteiger partial charge in [0.05, 0.1) is 0 Å². The van der Waals surface area contributed by atoms with Gasteiger partial charge in [-0.15, -0.1) is 0 Å². The standard InChI is InChI=1S/C14H19ClN4/c1-3-16-9-11(8-14-17-10-18-19(14)2)12-6-4-5-7-13(12)15/h4-7,10-11,16H,3,8-9H2,1-2H3. The molecular weight excluding hydrogens is 260 g/mol. The molecule has 5 heteroatoms. The van der Waals surface area contributed by atoms with Gasteiger partial charge in [0.2, 0.25) is 0 Å². The maximum absolute atomic E-state index is 6.31. The van der Waals surface area contributed by atoms with Crippen LogP contribution in [-0.2, 0) is 13.5 Å². The first-order chi connectivity index (χ1) is 9.22. The van der Waals surface area contributed by atoms with Crippen LogP contribution < -0.4 is 5.32 Å². The molecule has 19 heavy (non-hydrogen) atoms. The minimum Gasteiger partial charge on any atom is -0.316 e. The molecule has 2 aromatic rings. The van der Waals surface area contributed by atoms with Crippen molar-refractivity contribution in [1.82, 2.24) is 20.1 Å². The van der Waals surface area contributed by atoms with Gasteiger partial charge in [0.25, 0.3) is 0 Å². The number of likely N-dealkylation sites (N-methyl/N-ethyl adjacent to an activating group) is 1. The Labute approximate surface area is 118 Å². The van der Waals surface area contributed by atoms with Crippen molar-refractivity contribution in [2.24, 2.45) is 7.05 Å². The largest absolute Gasteiger partial charge is 0.316 e. The summed E-state index contributed by atoms with van der Waals surface area (Å²) in [5.74, 6) is 1.28. The molecule has 1 unspecified atom stereocenters. The Morgan fingerprint density at radius 2 is 2.16 bits per heavy atom. The molecule has 1 N–H and O–H groups in total. The van der Waals surface area contributed by atoms with E-state index in [0.717, 1.165) is 35.9 Å². The van der Waals surface area contributed by atoms with E-state index in [4.69, 9.17) is 11.6 Å². The number of aryl methyl sites for hydroxylation is 1. The lowest BCUT2D eigenvalue weighted by Crippen LogP contribution is -2.23. The molecule has 1 aromatic heterocycles. The second kappa shape index (κ2) is 6.68. The minimum atomic E-state index is 0.302. The van der Waals surface area contributed by atoms with Gasteiger partial charge in [-0.3, -0.25) is 4.68 Å². The molecule has 2 rings (SSSR count). The highest BCUT2D eigenvalue weighted by atomic mass is 35.5. The molecule has 4 nitrogen and oxygen atoms in total. The summed E-state index contributed by atoms with van der Waals surface area (Å²) < 4.78 is 1.82. The Bertz CT molecular complexity index is 524. The number of rotatable bonds is 6. The number of hydrogen-bond donors (Lipinski definition) is 1. The van der Waals surface area contributed by atoms with Crippen LogP contribution in [0.3, 0.4) is 0 Å². The van der Waals surface area contributed by atoms with Crippen LogP contribution in [0.4, 0.5) is 0 Å². The summed E-state index contributed by atoms with van der Waals surface area (Å²) in [6.07, 6.45) is 2.42. The molecule has 1 atom stereocenters. The summed E-state index contributed by atoms with van der Waals surface area (Å²) in [6.45, 7) is 3.93. The van der Waals surface area contributed by atoms with Crippen LogP contribution in [0, 0.1) is 0 Å². The van der Waals surface area contributed by atoms with Gasteiger partial charge >= 0.3 is 0 Å². The van der Waals surface area contributed by atoms with Crippen LogP contribution in [0.15, 0.2) is 30.6 Å². The second-order valence-electron chi connectivity index (χ2n) is 4.53. The van der Waals surface area contributed by atoms with E-state index in [1.165, 1.54) is 0 Å². The molecule has 0 aliphatic rings. The van der Waals surface area contributed by atoms with Gasteiger partial charge in [-0.2, -0.15) is 5.10 Å². The van der Waals surface area contributed by atoms with Gasteiger partial charge in [-0.05, 0) is 18.2 Å². The fourth-order valence-electron chi connectivity index (χ4n) is 2.14. The van der Waals surface area contributed by atoms with E-state index in [9.17, 15) is 0 Å². The number of hydrogen-bond acceptors (Lipinski definition) is 3. The Hall–Kier alpha value is -1.39. The average Bonchev–Trinajstić information content (AvgIpc) is 2.81. The van der Waals surface area contributed by atoms with Gasteiger partial charge in [0.15, 0.2) is 0 Å². The highest BCUT2D eigenvalue weighted by molar-refractivity contribution is 6.31. The summed E-state index contributed by atoms with van der Waals surface area (Å²) in [5, 5.41) is 8.32. The van der Waals surface area contributed by atoms with Crippen molar-refractivity contribution < 1.29 is 0 Å². The average molecular weight is 279 g/mol. The van der Waals surface area contributed by atoms with Crippen LogP contribution in [0.1, 0.15) is 24.2 Å². The Morgan fingerprint density at radius 3 is 2.79 bits per heavy atom. The lowest BCUT2D eigenvalue weighted by atomic mass is 9.95. The summed E-state index contributed by atoms with van der Waals surface area (Å²) in [5.41, 5.74) is 1.16. The molecule has 0 saturated heterocycles. The van der Waals surface area contributed by atoms with Crippen molar-refractivity contribution in [1.29, 1.82) is 0 Å². The molecule has 0 amide bonds. The lowest BCUT2D eigenvalue weighted by Gasteiger charge is -2.18. The summed E-state index contributed by atoms with van der Waals surface area (Å²) in [4.78, 5) is 4.30. The monoisotopic (exact) mass is 278 g/mol. The third-order valence-electron chi connectivity index (χ3n) is 3.22. The Kier molecular flexibility index (Phi) is 4.93. The zero-order valence-corrected chi connectivity index (χ0v) is 12.1. The quantitative estimate of drug-likeness (QED) is 0.882. The van der Waals surface area contributed by atoms with E-state index in [1.807, 2.05) is 29.9 Å². The Morgan fingerprint density at radius 1 is 1.37 bits per heavy atom. The zero-order chi connectivity index (χ0) is 13.7. The lowest BCUT2D eigenvalue weighted by molar-refractivity contribution is 0.564. The number of nitrogens with one attached hydrogen (secondary N) is 1. The van der Waals surface area contributed by atoms with Crippen molar-refractivity contribution in [3.05, 3.63) is 47.0 Å². The van der Waals surface area contributed by atoms with Gasteiger partial charge in [-0.25, -0.2) is 4.98 Å². The van der Waals surface area contributed by atoms with Gasteiger partial charge in [0, 0.05) is 31.0 Å². The van der Waals surface area contributed by atoms with Crippen molar-refractivity contribution in [2.45, 2.75) is 19.3 Å². The smallest absolute Gasteiger partial charge is 0.138 e. The van der Waals surface area contributed by atoms with Crippen LogP contribution in [0.2, 0.25) is 5.02 Å². The van der Waals surface area contributed by atoms with Crippen LogP contribution in [0.5, 0.6) is 0 Å². The molecule has 0 aliphatic carbocycles. The molecule has 1 aromatic carbocycles. The predicted octanol–water partition coefficient (Wildman–Crippen LogP) is 2.40.